The Morgan fingerprint density at radius 1 is 1.33 bits per heavy atom. The van der Waals surface area contributed by atoms with E-state index < -0.39 is 53.9 Å². The predicted molar refractivity (Wildman–Crippen MR) is 96.8 cm³/mol. The molecule has 3 heterocycles. The highest BCUT2D eigenvalue weighted by atomic mass is 19.1. The van der Waals surface area contributed by atoms with Crippen LogP contribution in [0.2, 0.25) is 0 Å². The van der Waals surface area contributed by atoms with Crippen LogP contribution in [-0.2, 0) is 18.9 Å². The molecule has 4 rings (SSSR count). The highest BCUT2D eigenvalue weighted by Gasteiger charge is 2.56. The quantitative estimate of drug-likeness (QED) is 0.686. The van der Waals surface area contributed by atoms with E-state index in [1.54, 1.807) is 13.8 Å². The molecule has 0 aliphatic carbocycles. The van der Waals surface area contributed by atoms with Gasteiger partial charge in [0.05, 0.1) is 5.56 Å². The predicted octanol–water partition coefficient (Wildman–Crippen LogP) is 1.10. The Morgan fingerprint density at radius 3 is 2.73 bits per heavy atom. The number of carbonyl (C=O) groups excluding carboxylic acids is 2. The van der Waals surface area contributed by atoms with Gasteiger partial charge in [0.2, 0.25) is 5.88 Å². The molecular weight excluding hydrogens is 401 g/mol. The molecule has 0 spiro atoms. The van der Waals surface area contributed by atoms with Crippen LogP contribution in [0.15, 0.2) is 30.6 Å². The molecule has 4 atom stereocenters. The van der Waals surface area contributed by atoms with E-state index in [0.717, 1.165) is 6.07 Å². The van der Waals surface area contributed by atoms with Crippen molar-refractivity contribution in [1.82, 2.24) is 9.55 Å². The molecule has 1 aromatic carbocycles. The molecular formula is C19H20FN3O7. The Hall–Kier alpha value is -3.02. The molecule has 160 valence electrons. The largest absolute Gasteiger partial charge is 0.493 e. The Morgan fingerprint density at radius 2 is 2.07 bits per heavy atom. The molecule has 2 saturated heterocycles. The minimum atomic E-state index is -0.953. The summed E-state index contributed by atoms with van der Waals surface area (Å²) >= 11 is 0. The summed E-state index contributed by atoms with van der Waals surface area (Å²) in [5.41, 5.74) is 4.94. The van der Waals surface area contributed by atoms with E-state index in [4.69, 9.17) is 24.7 Å². The van der Waals surface area contributed by atoms with Crippen LogP contribution in [0.4, 0.5) is 4.39 Å². The molecule has 0 saturated carbocycles. The number of aromatic hydroxyl groups is 1. The van der Waals surface area contributed by atoms with Crippen LogP contribution < -0.4 is 5.73 Å². The van der Waals surface area contributed by atoms with Gasteiger partial charge in [0.25, 0.3) is 5.91 Å². The van der Waals surface area contributed by atoms with Gasteiger partial charge in [0.15, 0.2) is 17.7 Å². The number of ether oxygens (including phenoxy) is 4. The molecule has 4 unspecified atom stereocenters. The number of halogens is 1. The molecule has 0 radical (unpaired) electrons. The van der Waals surface area contributed by atoms with Gasteiger partial charge in [-0.1, -0.05) is 6.07 Å². The number of nitrogens with two attached hydrogens (primary N) is 1. The van der Waals surface area contributed by atoms with Gasteiger partial charge in [-0.15, -0.1) is 0 Å². The zero-order valence-electron chi connectivity index (χ0n) is 16.1. The lowest BCUT2D eigenvalue weighted by molar-refractivity contribution is -0.200. The van der Waals surface area contributed by atoms with Crippen molar-refractivity contribution < 1.29 is 38.0 Å². The summed E-state index contributed by atoms with van der Waals surface area (Å²) in [5.74, 6) is -3.61. The first kappa shape index (κ1) is 20.3. The summed E-state index contributed by atoms with van der Waals surface area (Å²) in [6.45, 7) is 3.21. The van der Waals surface area contributed by atoms with Gasteiger partial charge in [0, 0.05) is 0 Å². The number of hydrogen-bond donors (Lipinski definition) is 2. The number of benzene rings is 1. The first-order valence-electron chi connectivity index (χ1n) is 9.15. The second-order valence-corrected chi connectivity index (χ2v) is 7.43. The number of aromatic nitrogens is 2. The Bertz CT molecular complexity index is 992. The first-order chi connectivity index (χ1) is 14.2. The van der Waals surface area contributed by atoms with Crippen LogP contribution >= 0.6 is 0 Å². The van der Waals surface area contributed by atoms with Crippen LogP contribution in [0.5, 0.6) is 5.88 Å². The smallest absolute Gasteiger partial charge is 0.338 e. The van der Waals surface area contributed by atoms with Gasteiger partial charge < -0.3 is 29.8 Å². The van der Waals surface area contributed by atoms with Gasteiger partial charge in [-0.25, -0.2) is 14.2 Å². The Balaban J connectivity index is 1.53. The molecule has 1 amide bonds. The van der Waals surface area contributed by atoms with Crippen molar-refractivity contribution in [3.8, 4) is 5.88 Å². The van der Waals surface area contributed by atoms with Gasteiger partial charge in [-0.2, -0.15) is 0 Å². The molecule has 2 aromatic rings. The van der Waals surface area contributed by atoms with E-state index in [0.29, 0.717) is 0 Å². The van der Waals surface area contributed by atoms with E-state index in [9.17, 15) is 19.1 Å². The average molecular weight is 421 g/mol. The van der Waals surface area contributed by atoms with E-state index >= 15 is 0 Å². The normalized spacial score (nSPS) is 27.0. The van der Waals surface area contributed by atoms with Crippen molar-refractivity contribution in [2.75, 3.05) is 6.61 Å². The molecule has 11 heteroatoms. The molecule has 2 aliphatic heterocycles. The minimum Gasteiger partial charge on any atom is -0.493 e. The molecule has 1 aromatic heterocycles. The zero-order chi connectivity index (χ0) is 21.6. The van der Waals surface area contributed by atoms with Crippen molar-refractivity contribution in [3.05, 3.63) is 47.7 Å². The lowest BCUT2D eigenvalue weighted by Gasteiger charge is -2.24. The number of nitrogens with zero attached hydrogens (tertiary/aromatic N) is 2. The zero-order valence-corrected chi connectivity index (χ0v) is 16.1. The fourth-order valence-electron chi connectivity index (χ4n) is 3.59. The van der Waals surface area contributed by atoms with Gasteiger partial charge in [0.1, 0.15) is 37.1 Å². The van der Waals surface area contributed by atoms with Gasteiger partial charge >= 0.3 is 5.97 Å². The SMILES string of the molecule is CC1(C)OC2C(COC(=O)c3cccc(F)c3)OC(n3cnc(C(N)=O)c3O)C2O1. The van der Waals surface area contributed by atoms with Crippen LogP contribution in [-0.4, -0.2) is 57.2 Å². The molecule has 10 nitrogen and oxygen atoms in total. The summed E-state index contributed by atoms with van der Waals surface area (Å²) < 4.78 is 37.5. The maximum Gasteiger partial charge on any atom is 0.338 e. The van der Waals surface area contributed by atoms with Crippen LogP contribution in [0.25, 0.3) is 0 Å². The first-order valence-corrected chi connectivity index (χ1v) is 9.15. The third kappa shape index (κ3) is 3.62. The lowest BCUT2D eigenvalue weighted by Crippen LogP contribution is -2.33. The van der Waals surface area contributed by atoms with Crippen molar-refractivity contribution in [2.45, 2.75) is 44.2 Å². The number of esters is 1. The highest BCUT2D eigenvalue weighted by Crippen LogP contribution is 2.44. The molecule has 0 bridgehead atoms. The summed E-state index contributed by atoms with van der Waals surface area (Å²) in [6.07, 6.45) is -1.77. The number of carbonyl (C=O) groups is 2. The van der Waals surface area contributed by atoms with Crippen molar-refractivity contribution in [3.63, 3.8) is 0 Å². The van der Waals surface area contributed by atoms with Crippen molar-refractivity contribution >= 4 is 11.9 Å². The second-order valence-electron chi connectivity index (χ2n) is 7.43. The summed E-state index contributed by atoms with van der Waals surface area (Å²) in [6, 6.07) is 5.12. The second kappa shape index (κ2) is 7.35. The van der Waals surface area contributed by atoms with Gasteiger partial charge in [-0.05, 0) is 32.0 Å². The number of amides is 1. The maximum atomic E-state index is 13.3. The topological polar surface area (TPSA) is 135 Å². The highest BCUT2D eigenvalue weighted by molar-refractivity contribution is 5.93. The Labute approximate surface area is 170 Å². The molecule has 2 aliphatic rings. The number of rotatable bonds is 5. The molecule has 30 heavy (non-hydrogen) atoms. The van der Waals surface area contributed by atoms with Crippen LogP contribution in [0, 0.1) is 5.82 Å². The lowest BCUT2D eigenvalue weighted by atomic mass is 10.1. The fourth-order valence-corrected chi connectivity index (χ4v) is 3.59. The number of fused-ring (bicyclic) bond motifs is 1. The number of primary amides is 1. The summed E-state index contributed by atoms with van der Waals surface area (Å²) in [5, 5.41) is 10.3. The Kier molecular flexibility index (Phi) is 4.96. The molecule has 3 N–H and O–H groups in total. The van der Waals surface area contributed by atoms with E-state index in [2.05, 4.69) is 4.98 Å². The fraction of sp³-hybridized carbons (Fsp3) is 0.421. The van der Waals surface area contributed by atoms with Crippen LogP contribution in [0.3, 0.4) is 0 Å². The third-order valence-electron chi connectivity index (χ3n) is 4.84. The number of imidazole rings is 1. The minimum absolute atomic E-state index is 0.0587. The summed E-state index contributed by atoms with van der Waals surface area (Å²) in [4.78, 5) is 27.4. The van der Waals surface area contributed by atoms with Crippen molar-refractivity contribution in [1.29, 1.82) is 0 Å². The molecule has 2 fully saturated rings. The average Bonchev–Trinajstić information content (AvgIpc) is 3.30. The van der Waals surface area contributed by atoms with Crippen molar-refractivity contribution in [2.24, 2.45) is 5.73 Å². The van der Waals surface area contributed by atoms with Gasteiger partial charge in [-0.3, -0.25) is 9.36 Å². The monoisotopic (exact) mass is 421 g/mol. The number of hydrogen-bond acceptors (Lipinski definition) is 8. The summed E-state index contributed by atoms with van der Waals surface area (Å²) in [7, 11) is 0. The van der Waals surface area contributed by atoms with E-state index in [-0.39, 0.29) is 17.9 Å². The maximum absolute atomic E-state index is 13.3. The van der Waals surface area contributed by atoms with E-state index in [1.165, 1.54) is 29.1 Å². The standard InChI is InChI=1S/C19H20FN3O7/c1-19(2)29-13-11(7-27-18(26)9-4-3-5-10(20)6-9)28-17(14(13)30-19)23-8-22-12(15(21)24)16(23)25/h3-6,8,11,13-14,17,25H,7H2,1-2H3,(H2,21,24). The van der Waals surface area contributed by atoms with E-state index in [1.807, 2.05) is 0 Å². The van der Waals surface area contributed by atoms with Crippen LogP contribution in [0.1, 0.15) is 40.9 Å². The third-order valence-corrected chi connectivity index (χ3v) is 4.84.